The van der Waals surface area contributed by atoms with E-state index in [4.69, 9.17) is 32.4 Å². The molecule has 11 heteroatoms. The van der Waals surface area contributed by atoms with Gasteiger partial charge in [0, 0.05) is 11.8 Å². The van der Waals surface area contributed by atoms with Crippen LogP contribution >= 0.6 is 48.5 Å². The van der Waals surface area contributed by atoms with E-state index in [1.165, 1.54) is 11.8 Å². The van der Waals surface area contributed by atoms with Gasteiger partial charge in [-0.25, -0.2) is 9.78 Å². The molecule has 28 heavy (non-hydrogen) atoms. The maximum Gasteiger partial charge on any atom is 0.417 e. The van der Waals surface area contributed by atoms with Crippen molar-refractivity contribution >= 4 is 70.6 Å². The lowest BCUT2D eigenvalue weighted by Crippen LogP contribution is -2.20. The molecule has 2 aromatic heterocycles. The number of thioether (sulfide) groups is 1. The highest BCUT2D eigenvalue weighted by atomic mass is 35.5. The van der Waals surface area contributed by atoms with Crippen molar-refractivity contribution in [3.05, 3.63) is 50.9 Å². The highest BCUT2D eigenvalue weighted by Crippen LogP contribution is 2.28. The Morgan fingerprint density at radius 2 is 1.96 bits per heavy atom. The van der Waals surface area contributed by atoms with E-state index >= 15 is 0 Å². The smallest absolute Gasteiger partial charge is 0.417 e. The lowest BCUT2D eigenvalue weighted by molar-refractivity contribution is 0.126. The Hall–Kier alpha value is -1.78. The minimum atomic E-state index is -0.718. The summed E-state index contributed by atoms with van der Waals surface area (Å²) in [6.07, 6.45) is -0.718. The van der Waals surface area contributed by atoms with Gasteiger partial charge in [0.1, 0.15) is 12.4 Å². The molecule has 148 valence electrons. The highest BCUT2D eigenvalue weighted by molar-refractivity contribution is 7.99. The monoisotopic (exact) mass is 459 g/mol. The number of hydrogen-bond donors (Lipinski definition) is 3. The zero-order valence-electron chi connectivity index (χ0n) is 14.2. The molecule has 0 amide bonds. The molecule has 0 aliphatic rings. The number of nitrogens with one attached hydrogen (secondary N) is 2. The summed E-state index contributed by atoms with van der Waals surface area (Å²) in [5.41, 5.74) is 2.48. The van der Waals surface area contributed by atoms with Gasteiger partial charge in [0.2, 0.25) is 0 Å². The van der Waals surface area contributed by atoms with Gasteiger partial charge in [-0.05, 0) is 24.3 Å². The molecule has 2 aromatic carbocycles. The van der Waals surface area contributed by atoms with E-state index in [0.717, 1.165) is 5.52 Å². The van der Waals surface area contributed by atoms with Crippen molar-refractivity contribution in [1.29, 1.82) is 0 Å². The fourth-order valence-corrected chi connectivity index (χ4v) is 3.59. The molecule has 2 heterocycles. The summed E-state index contributed by atoms with van der Waals surface area (Å²) in [6, 6.07) is 8.38. The largest absolute Gasteiger partial charge is 0.491 e. The first-order valence-corrected chi connectivity index (χ1v) is 9.63. The van der Waals surface area contributed by atoms with Gasteiger partial charge in [0.15, 0.2) is 10.7 Å². The summed E-state index contributed by atoms with van der Waals surface area (Å²) in [4.78, 5) is 21.2. The fourth-order valence-electron chi connectivity index (χ4n) is 2.48. The van der Waals surface area contributed by atoms with E-state index in [9.17, 15) is 9.90 Å². The summed E-state index contributed by atoms with van der Waals surface area (Å²) >= 11 is 13.3. The molecule has 0 unspecified atom stereocenters. The van der Waals surface area contributed by atoms with E-state index < -0.39 is 11.9 Å². The number of rotatable bonds is 6. The second kappa shape index (κ2) is 8.71. The topological polar surface area (TPSA) is 104 Å². The number of oxazole rings is 1. The van der Waals surface area contributed by atoms with Crippen LogP contribution in [0.2, 0.25) is 10.0 Å². The quantitative estimate of drug-likeness (QED) is 0.377. The van der Waals surface area contributed by atoms with E-state index in [1.807, 2.05) is 0 Å². The Morgan fingerprint density at radius 1 is 1.18 bits per heavy atom. The van der Waals surface area contributed by atoms with E-state index in [1.54, 1.807) is 30.3 Å². The first-order chi connectivity index (χ1) is 13.0. The molecular weight excluding hydrogens is 445 g/mol. The Morgan fingerprint density at radius 3 is 2.79 bits per heavy atom. The fraction of sp³-hybridized carbons (Fsp3) is 0.176. The van der Waals surface area contributed by atoms with Crippen molar-refractivity contribution in [1.82, 2.24) is 15.0 Å². The lowest BCUT2D eigenvalue weighted by atomic mass is 10.3. The van der Waals surface area contributed by atoms with Gasteiger partial charge in [-0.2, -0.15) is 13.5 Å². The van der Waals surface area contributed by atoms with Crippen LogP contribution in [0.15, 0.2) is 44.7 Å². The summed E-state index contributed by atoms with van der Waals surface area (Å²) < 4.78 is 10.5. The number of hydrogen-bond acceptors (Lipinski definition) is 6. The maximum absolute atomic E-state index is 11.2. The average molecular weight is 460 g/mol. The lowest BCUT2D eigenvalue weighted by Gasteiger charge is -2.11. The number of fused-ring (bicyclic) bond motifs is 2. The van der Waals surface area contributed by atoms with Gasteiger partial charge >= 0.3 is 5.76 Å². The van der Waals surface area contributed by atoms with Crippen LogP contribution in [-0.4, -0.2) is 38.5 Å². The van der Waals surface area contributed by atoms with Crippen LogP contribution in [0.1, 0.15) is 0 Å². The Kier molecular flexibility index (Phi) is 6.51. The molecule has 0 radical (unpaired) electrons. The van der Waals surface area contributed by atoms with Gasteiger partial charge in [-0.1, -0.05) is 35.0 Å². The molecule has 0 saturated carbocycles. The van der Waals surface area contributed by atoms with Crippen LogP contribution in [0.3, 0.4) is 0 Å². The first-order valence-electron chi connectivity index (χ1n) is 7.89. The number of imidazole rings is 1. The predicted octanol–water partition coefficient (Wildman–Crippen LogP) is 3.95. The number of aromatic nitrogens is 3. The Labute approximate surface area is 179 Å². The number of ether oxygens (including phenoxy) is 1. The van der Waals surface area contributed by atoms with Crippen LogP contribution in [0.25, 0.3) is 22.1 Å². The summed E-state index contributed by atoms with van der Waals surface area (Å²) in [5.74, 6) is 0.359. The third-order valence-electron chi connectivity index (χ3n) is 3.75. The minimum Gasteiger partial charge on any atom is -0.491 e. The van der Waals surface area contributed by atoms with Crippen molar-refractivity contribution in [2.24, 2.45) is 0 Å². The third kappa shape index (κ3) is 4.61. The Balaban J connectivity index is 0.00000225. The van der Waals surface area contributed by atoms with Crippen LogP contribution < -0.4 is 10.5 Å². The maximum atomic E-state index is 11.2. The molecule has 0 bridgehead atoms. The number of aliphatic hydroxyl groups excluding tert-OH is 1. The van der Waals surface area contributed by atoms with Crippen molar-refractivity contribution in [2.45, 2.75) is 11.3 Å². The second-order valence-corrected chi connectivity index (χ2v) is 7.60. The van der Waals surface area contributed by atoms with Crippen molar-refractivity contribution in [2.75, 3.05) is 12.4 Å². The molecule has 0 aliphatic carbocycles. The molecule has 0 spiro atoms. The molecule has 7 nitrogen and oxygen atoms in total. The number of aromatic amines is 2. The number of benzene rings is 2. The van der Waals surface area contributed by atoms with Gasteiger partial charge in [0.25, 0.3) is 0 Å². The molecule has 3 N–H and O–H groups in total. The van der Waals surface area contributed by atoms with Crippen molar-refractivity contribution < 1.29 is 14.3 Å². The van der Waals surface area contributed by atoms with Crippen molar-refractivity contribution in [3.8, 4) is 5.75 Å². The predicted molar refractivity (Wildman–Crippen MR) is 116 cm³/mol. The summed E-state index contributed by atoms with van der Waals surface area (Å²) in [5, 5.41) is 11.7. The summed E-state index contributed by atoms with van der Waals surface area (Å²) in [7, 11) is 0. The third-order valence-corrected chi connectivity index (χ3v) is 5.49. The Bertz CT molecular complexity index is 1140. The standard InChI is InChI=1S/C17H13Cl2N3O4S.H2S/c18-10-4-13-14(5-11(10)19)21-16(20-13)27-7-8(23)6-25-9-1-2-12-15(3-9)26-17(24)22-12;/h1-5,8,23H,6-7H2,(H,20,21)(H,22,24);1H2/t8-;/m1./s1. The number of halogens is 2. The van der Waals surface area contributed by atoms with Gasteiger partial charge in [-0.15, -0.1) is 0 Å². The van der Waals surface area contributed by atoms with E-state index in [2.05, 4.69) is 15.0 Å². The number of aliphatic hydroxyl groups is 1. The molecule has 4 rings (SSSR count). The summed E-state index contributed by atoms with van der Waals surface area (Å²) in [6.45, 7) is 0.0883. The molecule has 0 fully saturated rings. The number of H-pyrrole nitrogens is 2. The number of nitrogens with zero attached hydrogens (tertiary/aromatic N) is 1. The van der Waals surface area contributed by atoms with Crippen LogP contribution in [0.5, 0.6) is 5.75 Å². The van der Waals surface area contributed by atoms with Gasteiger partial charge in [0.05, 0.1) is 32.7 Å². The molecule has 4 aromatic rings. The van der Waals surface area contributed by atoms with Crippen molar-refractivity contribution in [3.63, 3.8) is 0 Å². The highest BCUT2D eigenvalue weighted by Gasteiger charge is 2.11. The molecular formula is C17H15Cl2N3O4S2. The molecule has 0 aliphatic heterocycles. The first kappa shape index (κ1) is 20.9. The van der Waals surface area contributed by atoms with E-state index in [0.29, 0.717) is 43.3 Å². The normalized spacial score (nSPS) is 12.2. The zero-order valence-corrected chi connectivity index (χ0v) is 17.5. The second-order valence-electron chi connectivity index (χ2n) is 5.77. The van der Waals surface area contributed by atoms with Gasteiger partial charge < -0.3 is 19.2 Å². The van der Waals surface area contributed by atoms with Crippen LogP contribution in [-0.2, 0) is 0 Å². The van der Waals surface area contributed by atoms with Crippen LogP contribution in [0.4, 0.5) is 0 Å². The van der Waals surface area contributed by atoms with Crippen LogP contribution in [0, 0.1) is 0 Å². The molecule has 1 atom stereocenters. The molecule has 0 saturated heterocycles. The minimum absolute atomic E-state index is 0. The SMILES string of the molecule is O=c1[nH]c2ccc(OC[C@@H](O)CSc3nc4cc(Cl)c(Cl)cc4[nH]3)cc2o1.S. The van der Waals surface area contributed by atoms with Gasteiger partial charge in [-0.3, -0.25) is 4.98 Å². The van der Waals surface area contributed by atoms with E-state index in [-0.39, 0.29) is 20.1 Å². The average Bonchev–Trinajstić information content (AvgIpc) is 3.19. The zero-order chi connectivity index (χ0) is 19.0.